The van der Waals surface area contributed by atoms with Gasteiger partial charge in [-0.1, -0.05) is 71.7 Å². The molecule has 0 saturated carbocycles. The number of carboxylic acids is 1. The van der Waals surface area contributed by atoms with E-state index in [-0.39, 0.29) is 42.8 Å². The first-order chi connectivity index (χ1) is 20.4. The third kappa shape index (κ3) is 4.72. The number of aromatic nitrogens is 3. The van der Waals surface area contributed by atoms with Crippen LogP contribution in [0.1, 0.15) is 89.3 Å². The molecule has 3 aliphatic heterocycles. The minimum atomic E-state index is -1.65. The second-order valence-corrected chi connectivity index (χ2v) is 11.7. The predicted molar refractivity (Wildman–Crippen MR) is 163 cm³/mol. The minimum absolute atomic E-state index is 0. The second-order valence-electron chi connectivity index (χ2n) is 11.7. The Morgan fingerprint density at radius 2 is 1.57 bits per heavy atom. The van der Waals surface area contributed by atoms with E-state index in [1.54, 1.807) is 25.2 Å². The molecule has 0 aliphatic carbocycles. The van der Waals surface area contributed by atoms with Crippen LogP contribution >= 0.6 is 0 Å². The Balaban J connectivity index is 0.00000384. The van der Waals surface area contributed by atoms with Gasteiger partial charge in [0.25, 0.3) is 0 Å². The van der Waals surface area contributed by atoms with Gasteiger partial charge >= 0.3 is 29.0 Å². The van der Waals surface area contributed by atoms with Gasteiger partial charge in [0.05, 0.1) is 0 Å². The minimum Gasteiger partial charge on any atom is -0.659 e. The van der Waals surface area contributed by atoms with Gasteiger partial charge in [-0.15, -0.1) is 44.9 Å². The van der Waals surface area contributed by atoms with E-state index in [9.17, 15) is 19.8 Å². The van der Waals surface area contributed by atoms with Crippen LogP contribution in [0, 0.1) is 20.8 Å². The number of hydrogen-bond donors (Lipinski definition) is 2. The van der Waals surface area contributed by atoms with E-state index in [1.807, 2.05) is 32.9 Å². The normalized spacial score (nSPS) is 25.8. The number of aliphatic carboxylic acids is 1. The van der Waals surface area contributed by atoms with Crippen LogP contribution in [-0.4, -0.2) is 33.4 Å². The van der Waals surface area contributed by atoms with Crippen molar-refractivity contribution in [1.29, 1.82) is 0 Å². The average molecular weight is 635 g/mol. The van der Waals surface area contributed by atoms with Crippen molar-refractivity contribution in [3.05, 3.63) is 90.1 Å². The van der Waals surface area contributed by atoms with Crippen molar-refractivity contribution in [1.82, 2.24) is 15.0 Å². The first-order valence-corrected chi connectivity index (χ1v) is 14.5. The fourth-order valence-electron chi connectivity index (χ4n) is 6.60. The summed E-state index contributed by atoms with van der Waals surface area (Å²) in [5, 5.41) is 27.9. The van der Waals surface area contributed by atoms with Crippen molar-refractivity contribution in [2.24, 2.45) is 0 Å². The molecule has 2 N–H and O–H groups in total. The standard InChI is InChI=1S/C34H34N4O5.Fe/c1-7-20-17(3)23-13-24-19(5)22(9-10-31(39)40)28(37-24)16-30-34(12-11-32(41)43-34)33(6,42)29(38-30)15-27-21(8-2)18(4)25(36-27)14-26(20)35-23;/h7,13-16,42H,1,8-12H2,2-6H3,(H,39,40);/q-4;+4/b23-13-,26-14-,29-15-,30-16-;/t33-,34+;/m0./s1. The number of carboxylic acid groups (broad SMARTS) is 1. The fraction of sp³-hybridized carbons (Fsp3) is 0.353. The molecule has 2 atom stereocenters. The molecule has 6 heterocycles. The molecule has 44 heavy (non-hydrogen) atoms. The molecule has 3 aromatic heterocycles. The number of esters is 1. The van der Waals surface area contributed by atoms with Crippen molar-refractivity contribution in [3.8, 4) is 0 Å². The van der Waals surface area contributed by atoms with Crippen molar-refractivity contribution >= 4 is 42.3 Å². The maximum atomic E-state index is 12.5. The molecule has 2 saturated heterocycles. The van der Waals surface area contributed by atoms with Crippen molar-refractivity contribution in [2.75, 3.05) is 0 Å². The Labute approximate surface area is 266 Å². The van der Waals surface area contributed by atoms with Gasteiger partial charge in [-0.2, -0.15) is 0 Å². The zero-order valence-electron chi connectivity index (χ0n) is 25.4. The fourth-order valence-corrected chi connectivity index (χ4v) is 6.60. The summed E-state index contributed by atoms with van der Waals surface area (Å²) in [5.41, 5.74) is 5.72. The van der Waals surface area contributed by atoms with Crippen molar-refractivity contribution < 1.29 is 41.6 Å². The van der Waals surface area contributed by atoms with Gasteiger partial charge in [-0.3, -0.25) is 9.59 Å². The Morgan fingerprint density at radius 3 is 2.16 bits per heavy atom. The number of carbonyl (C=O) groups excluding carboxylic acids is 1. The monoisotopic (exact) mass is 634 g/mol. The molecule has 0 radical (unpaired) electrons. The smallest absolute Gasteiger partial charge is 0.659 e. The molecule has 0 amide bonds. The van der Waals surface area contributed by atoms with Crippen molar-refractivity contribution in [2.45, 2.75) is 77.9 Å². The van der Waals surface area contributed by atoms with E-state index >= 15 is 0 Å². The molecule has 2 fully saturated rings. The molecule has 8 bridgehead atoms. The topological polar surface area (TPSA) is 140 Å². The van der Waals surface area contributed by atoms with E-state index in [4.69, 9.17) is 25.0 Å². The molecule has 228 valence electrons. The molecule has 0 aromatic carbocycles. The first kappa shape index (κ1) is 31.4. The van der Waals surface area contributed by atoms with Crippen molar-refractivity contribution in [3.63, 3.8) is 0 Å². The van der Waals surface area contributed by atoms with Gasteiger partial charge in [-0.05, 0) is 46.1 Å². The van der Waals surface area contributed by atoms with Gasteiger partial charge < -0.3 is 35.2 Å². The number of rotatable bonds is 5. The predicted octanol–water partition coefficient (Wildman–Crippen LogP) is 3.27. The van der Waals surface area contributed by atoms with Crippen LogP contribution in [0.4, 0.5) is 0 Å². The van der Waals surface area contributed by atoms with Gasteiger partial charge in [0.15, 0.2) is 0 Å². The largest absolute Gasteiger partial charge is 4.00 e. The van der Waals surface area contributed by atoms with Crippen LogP contribution < -0.4 is 25.7 Å². The zero-order valence-corrected chi connectivity index (χ0v) is 26.5. The molecular formula is C34H34FeN4O5. The van der Waals surface area contributed by atoms with Crippen LogP contribution in [0.5, 0.6) is 0 Å². The molecule has 3 aliphatic rings. The van der Waals surface area contributed by atoms with E-state index in [1.165, 1.54) is 0 Å². The quantitative estimate of drug-likeness (QED) is 0.322. The van der Waals surface area contributed by atoms with Crippen LogP contribution in [0.2, 0.25) is 0 Å². The summed E-state index contributed by atoms with van der Waals surface area (Å²) in [4.78, 5) is 38.9. The summed E-state index contributed by atoms with van der Waals surface area (Å²) in [6.45, 7) is 13.6. The molecule has 9 nitrogen and oxygen atoms in total. The first-order valence-electron chi connectivity index (χ1n) is 14.5. The summed E-state index contributed by atoms with van der Waals surface area (Å²) in [5.74, 6) is -1.34. The molecule has 6 rings (SSSR count). The van der Waals surface area contributed by atoms with E-state index in [0.717, 1.165) is 49.8 Å². The average Bonchev–Trinajstić information content (AvgIpc) is 3.69. The Bertz CT molecular complexity index is 1900. The van der Waals surface area contributed by atoms with E-state index in [0.29, 0.717) is 34.9 Å². The second kappa shape index (κ2) is 11.2. The number of aliphatic hydroxyl groups is 1. The van der Waals surface area contributed by atoms with Crippen LogP contribution in [-0.2, 0) is 44.2 Å². The number of nitrogens with zero attached hydrogens (tertiary/aromatic N) is 4. The van der Waals surface area contributed by atoms with E-state index < -0.39 is 23.1 Å². The van der Waals surface area contributed by atoms with Gasteiger partial charge in [0.1, 0.15) is 11.2 Å². The number of carbonyl (C=O) groups is 2. The van der Waals surface area contributed by atoms with Gasteiger partial charge in [-0.25, -0.2) is 0 Å². The molecule has 0 unspecified atom stereocenters. The molecular weight excluding hydrogens is 600 g/mol. The third-order valence-electron chi connectivity index (χ3n) is 9.23. The Kier molecular flexibility index (Phi) is 7.99. The summed E-state index contributed by atoms with van der Waals surface area (Å²) in [6.07, 6.45) is 10.4. The summed E-state index contributed by atoms with van der Waals surface area (Å²) < 4.78 is 5.91. The maximum Gasteiger partial charge on any atom is 4.00 e. The molecule has 3 aromatic rings. The van der Waals surface area contributed by atoms with Crippen LogP contribution in [0.25, 0.3) is 35.7 Å². The third-order valence-corrected chi connectivity index (χ3v) is 9.23. The van der Waals surface area contributed by atoms with Gasteiger partial charge in [0, 0.05) is 19.3 Å². The Hall–Kier alpha value is -3.98. The zero-order chi connectivity index (χ0) is 30.8. The number of ether oxygens (including phenoxy) is 1. The summed E-state index contributed by atoms with van der Waals surface area (Å²) >= 11 is 0. The van der Waals surface area contributed by atoms with E-state index in [2.05, 4.69) is 13.5 Å². The van der Waals surface area contributed by atoms with Crippen LogP contribution in [0.3, 0.4) is 0 Å². The summed E-state index contributed by atoms with van der Waals surface area (Å²) in [7, 11) is 0. The molecule has 10 heteroatoms. The SMILES string of the molecule is C=Cc1c(C)/c2[n-]/c1=C\c1[n-]c(c(CC)c1C)/C=C1\[N-]/C(=C\c3[n-]c(c(C)c3CCC(=O)O)\C=2)[C@]2(CCC(=O)O2)[C@@]1(C)O.[Fe+4]. The Morgan fingerprint density at radius 1 is 0.955 bits per heavy atom. The summed E-state index contributed by atoms with van der Waals surface area (Å²) in [6, 6.07) is 0. The number of fused-ring (bicyclic) bond motifs is 9. The molecule has 1 spiro atoms. The van der Waals surface area contributed by atoms with Gasteiger partial charge in [0.2, 0.25) is 0 Å². The number of hydrogen-bond acceptors (Lipinski definition) is 4. The van der Waals surface area contributed by atoms with Crippen LogP contribution in [0.15, 0.2) is 18.0 Å². The maximum absolute atomic E-state index is 12.5.